The fourth-order valence-electron chi connectivity index (χ4n) is 10.7. The van der Waals surface area contributed by atoms with Crippen molar-refractivity contribution in [1.82, 2.24) is 30.1 Å². The number of alkyl halides is 1. The molecule has 68 heavy (non-hydrogen) atoms. The molecule has 2 aromatic heterocycles. The molecule has 2 N–H and O–H groups in total. The molecular formula is C48H53FN10O8S. The number of carbonyl (C=O) groups is 5. The minimum Gasteiger partial charge on any atom is -0.372 e. The number of nitrogens with one attached hydrogen (secondary N) is 2. The number of rotatable bonds is 12. The maximum absolute atomic E-state index is 15.9. The Bertz CT molecular complexity index is 2840. The van der Waals surface area contributed by atoms with Crippen LogP contribution >= 0.6 is 0 Å². The van der Waals surface area contributed by atoms with Gasteiger partial charge in [-0.3, -0.25) is 34.2 Å². The van der Waals surface area contributed by atoms with Crippen molar-refractivity contribution in [1.29, 1.82) is 0 Å². The number of hydrogen-bond acceptors (Lipinski definition) is 15. The fourth-order valence-corrected chi connectivity index (χ4v) is 11.8. The van der Waals surface area contributed by atoms with E-state index < -0.39 is 51.8 Å². The van der Waals surface area contributed by atoms with Crippen molar-refractivity contribution in [3.05, 3.63) is 84.2 Å². The molecule has 8 heterocycles. The summed E-state index contributed by atoms with van der Waals surface area (Å²) in [6.45, 7) is 7.30. The summed E-state index contributed by atoms with van der Waals surface area (Å²) in [7, 11) is -3.10. The summed E-state index contributed by atoms with van der Waals surface area (Å²) < 4.78 is 46.3. The van der Waals surface area contributed by atoms with Crippen molar-refractivity contribution in [3.8, 4) is 0 Å². The number of benzene rings is 2. The molecule has 20 heteroatoms. The lowest BCUT2D eigenvalue weighted by Crippen LogP contribution is -2.54. The summed E-state index contributed by atoms with van der Waals surface area (Å²) in [4.78, 5) is 86.5. The van der Waals surface area contributed by atoms with Gasteiger partial charge < -0.3 is 29.7 Å². The lowest BCUT2D eigenvalue weighted by Gasteiger charge is -2.41. The molecule has 356 valence electrons. The van der Waals surface area contributed by atoms with Crippen LogP contribution in [0.15, 0.2) is 67.5 Å². The average molecular weight is 949 g/mol. The van der Waals surface area contributed by atoms with Gasteiger partial charge in [0.2, 0.25) is 23.7 Å². The zero-order valence-corrected chi connectivity index (χ0v) is 38.5. The fraction of sp³-hybridized carbons (Fsp3) is 0.458. The first kappa shape index (κ1) is 45.3. The molecule has 0 saturated carbocycles. The second-order valence-electron chi connectivity index (χ2n) is 18.7. The number of sulfone groups is 1. The molecule has 5 amide bonds. The van der Waals surface area contributed by atoms with Gasteiger partial charge in [0.15, 0.2) is 0 Å². The number of pyridine rings is 1. The number of piperidine rings is 3. The van der Waals surface area contributed by atoms with Crippen molar-refractivity contribution in [3.63, 3.8) is 0 Å². The van der Waals surface area contributed by atoms with Gasteiger partial charge in [-0.25, -0.2) is 22.8 Å². The Morgan fingerprint density at radius 2 is 1.65 bits per heavy atom. The van der Waals surface area contributed by atoms with E-state index in [0.717, 1.165) is 45.5 Å². The minimum absolute atomic E-state index is 0.0470. The molecule has 5 fully saturated rings. The van der Waals surface area contributed by atoms with E-state index in [2.05, 4.69) is 38.1 Å². The molecule has 0 radical (unpaired) electrons. The first-order chi connectivity index (χ1) is 32.7. The van der Waals surface area contributed by atoms with E-state index in [4.69, 9.17) is 14.7 Å². The third-order valence-corrected chi connectivity index (χ3v) is 15.2. The Kier molecular flexibility index (Phi) is 12.1. The average Bonchev–Trinajstić information content (AvgIpc) is 3.89. The highest BCUT2D eigenvalue weighted by Gasteiger charge is 2.45. The van der Waals surface area contributed by atoms with Crippen LogP contribution in [-0.2, 0) is 29.0 Å². The van der Waals surface area contributed by atoms with Crippen LogP contribution in [0.1, 0.15) is 77.3 Å². The monoisotopic (exact) mass is 948 g/mol. The second-order valence-corrected chi connectivity index (χ2v) is 20.9. The topological polar surface area (TPSA) is 208 Å². The molecule has 6 aliphatic rings. The molecule has 18 nitrogen and oxygen atoms in total. The Labute approximate surface area is 392 Å². The van der Waals surface area contributed by atoms with Crippen LogP contribution in [0.5, 0.6) is 0 Å². The largest absolute Gasteiger partial charge is 0.372 e. The number of aromatic nitrogens is 3. The van der Waals surface area contributed by atoms with Gasteiger partial charge in [-0.15, -0.1) is 0 Å². The molecule has 6 aliphatic heterocycles. The number of carbonyl (C=O) groups excluding carboxylic acids is 5. The number of anilines is 5. The van der Waals surface area contributed by atoms with Gasteiger partial charge >= 0.3 is 0 Å². The highest BCUT2D eigenvalue weighted by atomic mass is 32.2. The minimum atomic E-state index is -3.10. The summed E-state index contributed by atoms with van der Waals surface area (Å²) in [5, 5.41) is 7.36. The van der Waals surface area contributed by atoms with Crippen LogP contribution in [0, 0.1) is 5.92 Å². The van der Waals surface area contributed by atoms with Gasteiger partial charge in [-0.1, -0.05) is 12.6 Å². The predicted molar refractivity (Wildman–Crippen MR) is 251 cm³/mol. The number of likely N-dealkylation sites (tertiary alicyclic amines) is 1. The predicted octanol–water partition coefficient (Wildman–Crippen LogP) is 4.10. The van der Waals surface area contributed by atoms with E-state index in [0.29, 0.717) is 76.1 Å². The highest BCUT2D eigenvalue weighted by molar-refractivity contribution is 7.90. The summed E-state index contributed by atoms with van der Waals surface area (Å²) >= 11 is 0. The molecule has 4 aromatic rings. The summed E-state index contributed by atoms with van der Waals surface area (Å²) in [5.74, 6) is -0.749. The van der Waals surface area contributed by atoms with Gasteiger partial charge in [-0.2, -0.15) is 4.98 Å². The van der Waals surface area contributed by atoms with Gasteiger partial charge in [0, 0.05) is 87.0 Å². The van der Waals surface area contributed by atoms with Crippen LogP contribution in [0.2, 0.25) is 0 Å². The number of halogens is 1. The lowest BCUT2D eigenvalue weighted by atomic mass is 9.94. The smallest absolute Gasteiger partial charge is 0.262 e. The maximum atomic E-state index is 15.9. The van der Waals surface area contributed by atoms with Gasteiger partial charge in [0.05, 0.1) is 41.7 Å². The first-order valence-electron chi connectivity index (χ1n) is 23.2. The normalized spacial score (nSPS) is 23.8. The van der Waals surface area contributed by atoms with Crippen LogP contribution in [0.4, 0.5) is 33.3 Å². The molecule has 5 saturated heterocycles. The molecule has 0 spiro atoms. The quantitative estimate of drug-likeness (QED) is 0.151. The SMILES string of the molecule is C=CC(=O)N1CCC[C@H]1c1ccc(N2CC(CS(C)(=O)=O)C2)c2cnc(Nc3ccnc(N4CC[C@@H](OC5CCN(c6ccc7c(c6)C(=O)N(C6CCC(=O)NC6=O)C7=O)CC5)[C@@H](F)C4)n3)cc12. The molecule has 0 bridgehead atoms. The summed E-state index contributed by atoms with van der Waals surface area (Å²) in [6.07, 6.45) is 7.48. The first-order valence-corrected chi connectivity index (χ1v) is 25.3. The standard InChI is InChI=1S/C48H53FN10O8S/c1-3-44(61)58-17-4-5-38(58)31-8-9-37(57-24-28(25-57)27-68(2,65)66)35-23-51-42(22-33(31)35)52-41-12-16-50-48(53-41)56-20-15-40(36(49)26-56)67-30-13-18-55(19-14-30)29-6-7-32-34(21-29)47(64)59(46(32)63)39-10-11-43(60)54-45(39)62/h3,6-9,12,16,21-23,28,30,36,38-40H,1,4-5,10-11,13-15,17-20,24-27H2,2H3,(H,54,60,62)(H,50,51,52,53)/t36-,38-,39?,40+/m0/s1. The number of hydrogen-bond donors (Lipinski definition) is 2. The van der Waals surface area contributed by atoms with E-state index >= 15 is 4.39 Å². The molecule has 4 atom stereocenters. The molecule has 10 rings (SSSR count). The Morgan fingerprint density at radius 1 is 0.868 bits per heavy atom. The van der Waals surface area contributed by atoms with Crippen molar-refractivity contribution in [2.45, 2.75) is 75.4 Å². The van der Waals surface area contributed by atoms with Crippen molar-refractivity contribution in [2.75, 3.05) is 77.8 Å². The van der Waals surface area contributed by atoms with Crippen molar-refractivity contribution < 1.29 is 41.5 Å². The van der Waals surface area contributed by atoms with E-state index in [1.54, 1.807) is 36.7 Å². The molecular weight excluding hydrogens is 896 g/mol. The van der Waals surface area contributed by atoms with Crippen molar-refractivity contribution in [2.24, 2.45) is 5.92 Å². The number of amides is 5. The second kappa shape index (κ2) is 18.2. The maximum Gasteiger partial charge on any atom is 0.262 e. The third-order valence-electron chi connectivity index (χ3n) is 14.1. The molecule has 0 aliphatic carbocycles. The lowest BCUT2D eigenvalue weighted by molar-refractivity contribution is -0.136. The van der Waals surface area contributed by atoms with Crippen LogP contribution < -0.4 is 25.3 Å². The Hall–Kier alpha value is -6.54. The number of imide groups is 2. The number of fused-ring (bicyclic) bond motifs is 2. The van der Waals surface area contributed by atoms with E-state index in [1.165, 1.54) is 12.3 Å². The van der Waals surface area contributed by atoms with Gasteiger partial charge in [-0.05, 0) is 91.9 Å². The Balaban J connectivity index is 0.767. The molecule has 2 aromatic carbocycles. The zero-order valence-electron chi connectivity index (χ0n) is 37.7. The Morgan fingerprint density at radius 3 is 2.40 bits per heavy atom. The summed E-state index contributed by atoms with van der Waals surface area (Å²) in [5.41, 5.74) is 3.15. The van der Waals surface area contributed by atoms with Crippen LogP contribution in [-0.4, -0.2) is 145 Å². The highest BCUT2D eigenvalue weighted by Crippen LogP contribution is 2.42. The number of nitrogens with zero attached hydrogens (tertiary/aromatic N) is 8. The van der Waals surface area contributed by atoms with E-state index in [1.807, 2.05) is 21.9 Å². The zero-order chi connectivity index (χ0) is 47.4. The van der Waals surface area contributed by atoms with Crippen LogP contribution in [0.25, 0.3) is 10.8 Å². The summed E-state index contributed by atoms with van der Waals surface area (Å²) in [6, 6.07) is 11.7. The van der Waals surface area contributed by atoms with Crippen LogP contribution in [0.3, 0.4) is 0 Å². The van der Waals surface area contributed by atoms with Crippen molar-refractivity contribution >= 4 is 79.1 Å². The molecule has 1 unspecified atom stereocenters. The van der Waals surface area contributed by atoms with E-state index in [-0.39, 0.29) is 60.2 Å². The number of ether oxygens (including phenoxy) is 1. The van der Waals surface area contributed by atoms with E-state index in [9.17, 15) is 32.4 Å². The third kappa shape index (κ3) is 8.86. The van der Waals surface area contributed by atoms with Gasteiger partial charge in [0.1, 0.15) is 33.7 Å². The van der Waals surface area contributed by atoms with Gasteiger partial charge in [0.25, 0.3) is 11.8 Å².